The van der Waals surface area contributed by atoms with Crippen LogP contribution in [0.5, 0.6) is 0 Å². The number of hydrazine groups is 1. The molecule has 226 valence electrons. The first kappa shape index (κ1) is 32.5. The minimum absolute atomic E-state index is 0.174. The van der Waals surface area contributed by atoms with Crippen molar-refractivity contribution in [2.45, 2.75) is 52.6 Å². The number of benzene rings is 3. The van der Waals surface area contributed by atoms with Crippen molar-refractivity contribution < 1.29 is 23.9 Å². The van der Waals surface area contributed by atoms with Gasteiger partial charge in [0.2, 0.25) is 5.91 Å². The van der Waals surface area contributed by atoms with E-state index >= 15 is 0 Å². The fraction of sp³-hybridized carbons (Fsp3) is 0.406. The van der Waals surface area contributed by atoms with Crippen LogP contribution in [0, 0.1) is 0 Å². The van der Waals surface area contributed by atoms with E-state index < -0.39 is 30.3 Å². The molecule has 0 saturated heterocycles. The number of fused-ring (bicyclic) bond motifs is 1. The monoisotopic (exact) mass is 577 g/mol. The molecule has 0 unspecified atom stereocenters. The summed E-state index contributed by atoms with van der Waals surface area (Å²) >= 11 is 0. The molecule has 0 heterocycles. The summed E-state index contributed by atoms with van der Waals surface area (Å²) in [5.74, 6) is -0.757. The lowest BCUT2D eigenvalue weighted by atomic mass is 10.0. The molecule has 3 N–H and O–H groups in total. The number of nitrogens with zero attached hydrogens (tertiary/aromatic N) is 3. The molecule has 0 saturated carbocycles. The summed E-state index contributed by atoms with van der Waals surface area (Å²) in [6, 6.07) is 21.0. The van der Waals surface area contributed by atoms with Gasteiger partial charge in [0.1, 0.15) is 6.04 Å². The molecule has 4 amide bonds. The van der Waals surface area contributed by atoms with Crippen molar-refractivity contribution in [1.82, 2.24) is 20.2 Å². The number of hydrogen-bond acceptors (Lipinski definition) is 6. The third-order valence-electron chi connectivity index (χ3n) is 7.07. The van der Waals surface area contributed by atoms with E-state index in [1.165, 1.54) is 10.0 Å². The van der Waals surface area contributed by atoms with E-state index in [-0.39, 0.29) is 19.0 Å². The lowest BCUT2D eigenvalue weighted by Gasteiger charge is -2.37. The van der Waals surface area contributed by atoms with Gasteiger partial charge in [0.15, 0.2) is 6.29 Å². The van der Waals surface area contributed by atoms with Gasteiger partial charge in [-0.25, -0.2) is 9.80 Å². The molecule has 3 aromatic rings. The van der Waals surface area contributed by atoms with Crippen LogP contribution in [0.25, 0.3) is 10.8 Å². The number of urea groups is 1. The quantitative estimate of drug-likeness (QED) is 0.208. The number of carbonyl (C=O) groups is 3. The second-order valence-electron chi connectivity index (χ2n) is 9.91. The average Bonchev–Trinajstić information content (AvgIpc) is 2.98. The van der Waals surface area contributed by atoms with Gasteiger partial charge in [0, 0.05) is 33.4 Å². The fourth-order valence-electron chi connectivity index (χ4n) is 5.00. The van der Waals surface area contributed by atoms with Crippen LogP contribution in [0.3, 0.4) is 0 Å². The van der Waals surface area contributed by atoms with E-state index in [1.807, 2.05) is 81.4 Å². The maximum Gasteiger partial charge on any atom is 0.329 e. The number of nitrogens with two attached hydrogens (primary N) is 1. The Balaban J connectivity index is 2.01. The number of hydrogen-bond donors (Lipinski definition) is 2. The summed E-state index contributed by atoms with van der Waals surface area (Å²) < 4.78 is 11.8. The van der Waals surface area contributed by atoms with Gasteiger partial charge in [-0.2, -0.15) is 0 Å². The van der Waals surface area contributed by atoms with Gasteiger partial charge in [0.05, 0.1) is 12.6 Å². The first-order valence-electron chi connectivity index (χ1n) is 14.3. The molecule has 3 aromatic carbocycles. The summed E-state index contributed by atoms with van der Waals surface area (Å²) in [6.45, 7) is 8.61. The van der Waals surface area contributed by atoms with E-state index in [1.54, 1.807) is 31.0 Å². The number of carbonyl (C=O) groups excluding carboxylic acids is 3. The maximum absolute atomic E-state index is 14.6. The van der Waals surface area contributed by atoms with Crippen LogP contribution in [0.4, 0.5) is 4.79 Å². The molecule has 0 fully saturated rings. The second-order valence-corrected chi connectivity index (χ2v) is 9.91. The van der Waals surface area contributed by atoms with Gasteiger partial charge in [0.25, 0.3) is 5.91 Å². The minimum atomic E-state index is -1.00. The molecule has 0 radical (unpaired) electrons. The summed E-state index contributed by atoms with van der Waals surface area (Å²) in [5, 5.41) is 7.69. The molecule has 2 atom stereocenters. The van der Waals surface area contributed by atoms with Gasteiger partial charge in [-0.15, -0.1) is 0 Å². The number of amides is 4. The predicted octanol–water partition coefficient (Wildman–Crippen LogP) is 4.06. The van der Waals surface area contributed by atoms with Crippen LogP contribution in [0.2, 0.25) is 0 Å². The van der Waals surface area contributed by atoms with Crippen molar-refractivity contribution in [3.63, 3.8) is 0 Å². The second kappa shape index (κ2) is 15.9. The SMILES string of the molecule is CCOC(OCC)[C@H](C)N(Cc1cccc2ccccc12)C(=O)[C@@H](NC(=O)CN(C)N(CC)C(N)=O)c1ccccc1. The number of ether oxygens (including phenoxy) is 2. The fourth-order valence-corrected chi connectivity index (χ4v) is 5.00. The molecule has 0 bridgehead atoms. The zero-order chi connectivity index (χ0) is 30.6. The first-order chi connectivity index (χ1) is 20.2. The molecule has 42 heavy (non-hydrogen) atoms. The Kier molecular flexibility index (Phi) is 12.3. The Labute approximate surface area is 248 Å². The Morgan fingerprint density at radius 2 is 1.50 bits per heavy atom. The van der Waals surface area contributed by atoms with E-state index in [0.717, 1.165) is 16.3 Å². The lowest BCUT2D eigenvalue weighted by Crippen LogP contribution is -2.53. The highest BCUT2D eigenvalue weighted by Crippen LogP contribution is 2.26. The molecular formula is C32H43N5O5. The van der Waals surface area contributed by atoms with Crippen molar-refractivity contribution in [1.29, 1.82) is 0 Å². The van der Waals surface area contributed by atoms with E-state index in [2.05, 4.69) is 5.32 Å². The average molecular weight is 578 g/mol. The molecule has 0 spiro atoms. The summed E-state index contributed by atoms with van der Waals surface area (Å²) in [5.41, 5.74) is 7.04. The Morgan fingerprint density at radius 1 is 0.881 bits per heavy atom. The largest absolute Gasteiger partial charge is 0.351 e. The number of rotatable bonds is 15. The number of primary amides is 1. The topological polar surface area (TPSA) is 117 Å². The van der Waals surface area contributed by atoms with Gasteiger partial charge in [-0.1, -0.05) is 72.8 Å². The third-order valence-corrected chi connectivity index (χ3v) is 7.07. The molecule has 0 aliphatic rings. The summed E-state index contributed by atoms with van der Waals surface area (Å²) in [4.78, 5) is 41.4. The smallest absolute Gasteiger partial charge is 0.329 e. The predicted molar refractivity (Wildman–Crippen MR) is 163 cm³/mol. The van der Waals surface area contributed by atoms with Crippen LogP contribution in [0.1, 0.15) is 44.9 Å². The molecule has 10 heteroatoms. The van der Waals surface area contributed by atoms with Crippen LogP contribution in [-0.2, 0) is 25.6 Å². The van der Waals surface area contributed by atoms with Gasteiger partial charge >= 0.3 is 6.03 Å². The zero-order valence-corrected chi connectivity index (χ0v) is 25.2. The molecule has 10 nitrogen and oxygen atoms in total. The zero-order valence-electron chi connectivity index (χ0n) is 25.2. The van der Waals surface area contributed by atoms with Crippen molar-refractivity contribution >= 4 is 28.6 Å². The molecule has 0 aliphatic heterocycles. The van der Waals surface area contributed by atoms with Crippen LogP contribution in [0.15, 0.2) is 72.8 Å². The molecule has 0 aromatic heterocycles. The van der Waals surface area contributed by atoms with E-state index in [4.69, 9.17) is 15.2 Å². The van der Waals surface area contributed by atoms with Crippen molar-refractivity contribution in [2.75, 3.05) is 33.4 Å². The summed E-state index contributed by atoms with van der Waals surface area (Å²) in [7, 11) is 1.59. The van der Waals surface area contributed by atoms with Gasteiger partial charge in [-0.05, 0) is 49.6 Å². The highest BCUT2D eigenvalue weighted by molar-refractivity contribution is 5.90. The van der Waals surface area contributed by atoms with Crippen LogP contribution >= 0.6 is 0 Å². The molecular weight excluding hydrogens is 534 g/mol. The van der Waals surface area contributed by atoms with Crippen molar-refractivity contribution in [3.8, 4) is 0 Å². The Hall–Kier alpha value is -3.99. The first-order valence-corrected chi connectivity index (χ1v) is 14.3. The van der Waals surface area contributed by atoms with E-state index in [0.29, 0.717) is 25.3 Å². The molecule has 0 aliphatic carbocycles. The lowest BCUT2D eigenvalue weighted by molar-refractivity contribution is -0.180. The minimum Gasteiger partial charge on any atom is -0.351 e. The standard InChI is InChI=1S/C32H43N5O5/c1-6-37(32(33)40)35(5)22-28(38)34-29(25-16-10-9-11-17-25)30(39)36(23(4)31(41-7-2)42-8-3)21-26-19-14-18-24-15-12-13-20-27(24)26/h9-20,23,29,31H,6-8,21-22H2,1-5H3,(H2,33,40)(H,34,38)/t23-,29-/m0/s1. The van der Waals surface area contributed by atoms with Gasteiger partial charge < -0.3 is 25.4 Å². The highest BCUT2D eigenvalue weighted by Gasteiger charge is 2.35. The summed E-state index contributed by atoms with van der Waals surface area (Å²) in [6.07, 6.45) is -0.675. The Morgan fingerprint density at radius 3 is 2.12 bits per heavy atom. The number of nitrogens with one attached hydrogen (secondary N) is 1. The highest BCUT2D eigenvalue weighted by atomic mass is 16.7. The van der Waals surface area contributed by atoms with Crippen LogP contribution < -0.4 is 11.1 Å². The normalized spacial score (nSPS) is 12.7. The van der Waals surface area contributed by atoms with Crippen molar-refractivity contribution in [3.05, 3.63) is 83.9 Å². The van der Waals surface area contributed by atoms with E-state index in [9.17, 15) is 14.4 Å². The van der Waals surface area contributed by atoms with Gasteiger partial charge in [-0.3, -0.25) is 14.6 Å². The third kappa shape index (κ3) is 8.28. The number of likely N-dealkylation sites (N-methyl/N-ethyl adjacent to an activating group) is 1. The van der Waals surface area contributed by atoms with Crippen LogP contribution in [-0.4, -0.2) is 78.4 Å². The van der Waals surface area contributed by atoms with Crippen molar-refractivity contribution in [2.24, 2.45) is 5.73 Å². The molecule has 3 rings (SSSR count). The maximum atomic E-state index is 14.6. The Bertz CT molecular complexity index is 1310.